The summed E-state index contributed by atoms with van der Waals surface area (Å²) in [5.41, 5.74) is 0. The van der Waals surface area contributed by atoms with Crippen LogP contribution in [0.4, 0.5) is 8.78 Å². The number of nitrogens with zero attached hydrogens (tertiary/aromatic N) is 1. The van der Waals surface area contributed by atoms with Gasteiger partial charge in [-0.1, -0.05) is 0 Å². The fourth-order valence-electron chi connectivity index (χ4n) is 2.00. The van der Waals surface area contributed by atoms with Crippen molar-refractivity contribution in [1.82, 2.24) is 10.2 Å². The van der Waals surface area contributed by atoms with E-state index in [1.165, 1.54) is 0 Å². The summed E-state index contributed by atoms with van der Waals surface area (Å²) in [4.78, 5) is 2.38. The van der Waals surface area contributed by atoms with Crippen molar-refractivity contribution in [3.8, 4) is 0 Å². The third-order valence-electron chi connectivity index (χ3n) is 3.17. The monoisotopic (exact) mass is 236 g/mol. The third kappa shape index (κ3) is 4.31. The predicted octanol–water partition coefficient (Wildman–Crippen LogP) is 1.07. The maximum atomic E-state index is 12.1. The first kappa shape index (κ1) is 13.8. The lowest BCUT2D eigenvalue weighted by Crippen LogP contribution is -2.47. The quantitative estimate of drug-likeness (QED) is 0.749. The Morgan fingerprint density at radius 2 is 1.88 bits per heavy atom. The average molecular weight is 236 g/mol. The molecule has 0 aliphatic carbocycles. The van der Waals surface area contributed by atoms with Gasteiger partial charge in [-0.25, -0.2) is 8.78 Å². The number of hydrogen-bond acceptors (Lipinski definition) is 3. The standard InChI is InChI=1S/C11H22F2N2O/c1-8(2)15-5-3-9(4-6-15)14-7-10(16)11(12)13/h8-11,14,16H,3-7H2,1-2H3. The summed E-state index contributed by atoms with van der Waals surface area (Å²) >= 11 is 0. The van der Waals surface area contributed by atoms with Crippen LogP contribution in [0.3, 0.4) is 0 Å². The summed E-state index contributed by atoms with van der Waals surface area (Å²) in [5, 5.41) is 12.0. The van der Waals surface area contributed by atoms with E-state index in [2.05, 4.69) is 24.1 Å². The fourth-order valence-corrected chi connectivity index (χ4v) is 2.00. The van der Waals surface area contributed by atoms with Crippen molar-refractivity contribution in [3.05, 3.63) is 0 Å². The molecule has 16 heavy (non-hydrogen) atoms. The van der Waals surface area contributed by atoms with E-state index < -0.39 is 12.5 Å². The van der Waals surface area contributed by atoms with Gasteiger partial charge in [0.25, 0.3) is 6.43 Å². The molecular weight excluding hydrogens is 214 g/mol. The smallest absolute Gasteiger partial charge is 0.265 e. The van der Waals surface area contributed by atoms with Crippen LogP contribution in [-0.2, 0) is 0 Å². The molecule has 0 bridgehead atoms. The SMILES string of the molecule is CC(C)N1CCC(NCC(O)C(F)F)CC1. The number of hydrogen-bond donors (Lipinski definition) is 2. The molecule has 0 spiro atoms. The van der Waals surface area contributed by atoms with Gasteiger partial charge in [0.05, 0.1) is 0 Å². The first-order chi connectivity index (χ1) is 7.50. The van der Waals surface area contributed by atoms with Gasteiger partial charge in [0.1, 0.15) is 6.10 Å². The van der Waals surface area contributed by atoms with E-state index in [4.69, 9.17) is 5.11 Å². The van der Waals surface area contributed by atoms with E-state index in [0.717, 1.165) is 25.9 Å². The molecule has 1 heterocycles. The van der Waals surface area contributed by atoms with Crippen LogP contribution in [0.25, 0.3) is 0 Å². The molecule has 0 aromatic rings. The maximum absolute atomic E-state index is 12.1. The van der Waals surface area contributed by atoms with Gasteiger partial charge in [-0.3, -0.25) is 0 Å². The molecule has 1 atom stereocenters. The fraction of sp³-hybridized carbons (Fsp3) is 1.00. The van der Waals surface area contributed by atoms with Gasteiger partial charge >= 0.3 is 0 Å². The van der Waals surface area contributed by atoms with E-state index >= 15 is 0 Å². The summed E-state index contributed by atoms with van der Waals surface area (Å²) in [6.45, 7) is 6.31. The number of alkyl halides is 2. The summed E-state index contributed by atoms with van der Waals surface area (Å²) in [6, 6.07) is 0.816. The van der Waals surface area contributed by atoms with Crippen LogP contribution >= 0.6 is 0 Å². The molecule has 5 heteroatoms. The molecule has 1 rings (SSSR count). The lowest BCUT2D eigenvalue weighted by molar-refractivity contribution is -0.00590. The zero-order valence-corrected chi connectivity index (χ0v) is 10.00. The van der Waals surface area contributed by atoms with Gasteiger partial charge in [-0.15, -0.1) is 0 Å². The van der Waals surface area contributed by atoms with Crippen LogP contribution in [0.2, 0.25) is 0 Å². The van der Waals surface area contributed by atoms with Crippen LogP contribution < -0.4 is 5.32 Å². The Kier molecular flexibility index (Phi) is 5.58. The van der Waals surface area contributed by atoms with Crippen molar-refractivity contribution < 1.29 is 13.9 Å². The molecule has 3 nitrogen and oxygen atoms in total. The summed E-state index contributed by atoms with van der Waals surface area (Å²) in [5.74, 6) is 0. The molecule has 1 fully saturated rings. The lowest BCUT2D eigenvalue weighted by atomic mass is 10.0. The Morgan fingerprint density at radius 3 is 2.31 bits per heavy atom. The van der Waals surface area contributed by atoms with Crippen molar-refractivity contribution >= 4 is 0 Å². The first-order valence-corrected chi connectivity index (χ1v) is 5.94. The molecule has 2 N–H and O–H groups in total. The second-order valence-corrected chi connectivity index (χ2v) is 4.71. The molecule has 1 aliphatic rings. The zero-order valence-electron chi connectivity index (χ0n) is 10.00. The third-order valence-corrected chi connectivity index (χ3v) is 3.17. The second kappa shape index (κ2) is 6.47. The number of aliphatic hydroxyl groups excluding tert-OH is 1. The minimum atomic E-state index is -2.65. The largest absolute Gasteiger partial charge is 0.386 e. The highest BCUT2D eigenvalue weighted by molar-refractivity contribution is 4.79. The number of nitrogens with one attached hydrogen (secondary N) is 1. The zero-order chi connectivity index (χ0) is 12.1. The van der Waals surface area contributed by atoms with Crippen molar-refractivity contribution in [2.45, 2.75) is 51.3 Å². The highest BCUT2D eigenvalue weighted by atomic mass is 19.3. The molecule has 1 aliphatic heterocycles. The lowest BCUT2D eigenvalue weighted by Gasteiger charge is -2.35. The molecular formula is C11H22F2N2O. The summed E-state index contributed by atoms with van der Waals surface area (Å²) < 4.78 is 24.1. The van der Waals surface area contributed by atoms with E-state index in [1.54, 1.807) is 0 Å². The van der Waals surface area contributed by atoms with Crippen LogP contribution in [0.5, 0.6) is 0 Å². The van der Waals surface area contributed by atoms with Crippen LogP contribution in [0.1, 0.15) is 26.7 Å². The Labute approximate surface area is 95.8 Å². The number of aliphatic hydroxyl groups is 1. The molecule has 0 amide bonds. The van der Waals surface area contributed by atoms with Gasteiger partial charge in [0.2, 0.25) is 0 Å². The molecule has 0 aromatic heterocycles. The van der Waals surface area contributed by atoms with Crippen molar-refractivity contribution in [2.24, 2.45) is 0 Å². The highest BCUT2D eigenvalue weighted by Crippen LogP contribution is 2.13. The molecule has 1 saturated heterocycles. The van der Waals surface area contributed by atoms with Gasteiger partial charge in [0, 0.05) is 18.6 Å². The van der Waals surface area contributed by atoms with Crippen molar-refractivity contribution in [2.75, 3.05) is 19.6 Å². The number of piperidine rings is 1. The Morgan fingerprint density at radius 1 is 1.31 bits per heavy atom. The molecule has 1 unspecified atom stereocenters. The Balaban J connectivity index is 2.17. The maximum Gasteiger partial charge on any atom is 0.265 e. The second-order valence-electron chi connectivity index (χ2n) is 4.71. The van der Waals surface area contributed by atoms with Gasteiger partial charge in [-0.05, 0) is 39.8 Å². The summed E-state index contributed by atoms with van der Waals surface area (Å²) in [6.07, 6.45) is -2.26. The topological polar surface area (TPSA) is 35.5 Å². The van der Waals surface area contributed by atoms with Gasteiger partial charge < -0.3 is 15.3 Å². The van der Waals surface area contributed by atoms with Crippen molar-refractivity contribution in [1.29, 1.82) is 0 Å². The predicted molar refractivity (Wildman–Crippen MR) is 59.7 cm³/mol. The van der Waals surface area contributed by atoms with Crippen molar-refractivity contribution in [3.63, 3.8) is 0 Å². The van der Waals surface area contributed by atoms with Crippen LogP contribution in [-0.4, -0.2) is 54.3 Å². The van der Waals surface area contributed by atoms with Crippen LogP contribution in [0, 0.1) is 0 Å². The summed E-state index contributed by atoms with van der Waals surface area (Å²) in [7, 11) is 0. The molecule has 0 saturated carbocycles. The Hall–Kier alpha value is -0.260. The average Bonchev–Trinajstić information content (AvgIpc) is 2.26. The first-order valence-electron chi connectivity index (χ1n) is 5.94. The van der Waals surface area contributed by atoms with E-state index in [9.17, 15) is 8.78 Å². The van der Waals surface area contributed by atoms with E-state index in [-0.39, 0.29) is 12.6 Å². The highest BCUT2D eigenvalue weighted by Gasteiger charge is 2.22. The molecule has 0 aromatic carbocycles. The minimum Gasteiger partial charge on any atom is -0.386 e. The minimum absolute atomic E-state index is 0.00991. The van der Waals surface area contributed by atoms with Gasteiger partial charge in [-0.2, -0.15) is 0 Å². The van der Waals surface area contributed by atoms with Crippen LogP contribution in [0.15, 0.2) is 0 Å². The number of rotatable bonds is 5. The number of likely N-dealkylation sites (tertiary alicyclic amines) is 1. The molecule has 0 radical (unpaired) electrons. The van der Waals surface area contributed by atoms with Gasteiger partial charge in [0.15, 0.2) is 0 Å². The van der Waals surface area contributed by atoms with E-state index in [1.807, 2.05) is 0 Å². The van der Waals surface area contributed by atoms with E-state index in [0.29, 0.717) is 6.04 Å². The normalized spacial score (nSPS) is 21.9. The molecule has 96 valence electrons. The Bertz CT molecular complexity index is 194. The number of halogens is 2.